The third kappa shape index (κ3) is 1.67. The molecular formula is C12H20O3. The summed E-state index contributed by atoms with van der Waals surface area (Å²) >= 11 is 0. The third-order valence-electron chi connectivity index (χ3n) is 4.50. The Kier molecular flexibility index (Phi) is 2.34. The molecular weight excluding hydrogens is 192 g/mol. The molecule has 2 aliphatic rings. The highest BCUT2D eigenvalue weighted by Crippen LogP contribution is 2.49. The quantitative estimate of drug-likeness (QED) is 0.675. The highest BCUT2D eigenvalue weighted by molar-refractivity contribution is 5.72. The van der Waals surface area contributed by atoms with Gasteiger partial charge in [-0.2, -0.15) is 0 Å². The van der Waals surface area contributed by atoms with E-state index >= 15 is 0 Å². The molecule has 0 amide bonds. The van der Waals surface area contributed by atoms with Crippen LogP contribution in [0, 0.1) is 11.8 Å². The molecule has 86 valence electrons. The Morgan fingerprint density at radius 3 is 2.47 bits per heavy atom. The lowest BCUT2D eigenvalue weighted by atomic mass is 9.77. The number of carbonyl (C=O) groups is 1. The van der Waals surface area contributed by atoms with Gasteiger partial charge in [0.1, 0.15) is 5.60 Å². The molecule has 0 aromatic rings. The third-order valence-corrected chi connectivity index (χ3v) is 4.50. The Labute approximate surface area is 90.8 Å². The van der Waals surface area contributed by atoms with Crippen molar-refractivity contribution in [1.82, 2.24) is 0 Å². The second-order valence-electron chi connectivity index (χ2n) is 5.58. The van der Waals surface area contributed by atoms with Gasteiger partial charge in [-0.15, -0.1) is 0 Å². The molecule has 2 rings (SSSR count). The Hall–Kier alpha value is -0.570. The Balaban J connectivity index is 2.16. The lowest BCUT2D eigenvalue weighted by molar-refractivity contribution is -0.153. The molecule has 0 unspecified atom stereocenters. The van der Waals surface area contributed by atoms with Gasteiger partial charge in [-0.1, -0.05) is 6.92 Å². The molecule has 1 aliphatic carbocycles. The topological polar surface area (TPSA) is 46.5 Å². The number of hydrogen-bond donors (Lipinski definition) is 1. The van der Waals surface area contributed by atoms with E-state index in [1.807, 2.05) is 13.8 Å². The van der Waals surface area contributed by atoms with Crippen molar-refractivity contribution in [3.8, 4) is 0 Å². The highest BCUT2D eigenvalue weighted by Gasteiger charge is 2.52. The first-order chi connectivity index (χ1) is 6.85. The standard InChI is InChI=1S/C12H20O3/c1-8-9(4-6-11(8,2)14)12(3)7-5-10(13)15-12/h8-9,14H,4-7H2,1-3H3/t8-,9+,11+,12-/m0/s1. The van der Waals surface area contributed by atoms with Crippen molar-refractivity contribution in [1.29, 1.82) is 0 Å². The molecule has 1 N–H and O–H groups in total. The van der Waals surface area contributed by atoms with Crippen LogP contribution in [0.25, 0.3) is 0 Å². The largest absolute Gasteiger partial charge is 0.459 e. The second kappa shape index (κ2) is 3.21. The van der Waals surface area contributed by atoms with E-state index in [4.69, 9.17) is 4.74 Å². The molecule has 3 heteroatoms. The molecule has 15 heavy (non-hydrogen) atoms. The fourth-order valence-electron chi connectivity index (χ4n) is 3.17. The molecule has 0 aromatic heterocycles. The van der Waals surface area contributed by atoms with Crippen LogP contribution in [0.5, 0.6) is 0 Å². The maximum atomic E-state index is 11.2. The van der Waals surface area contributed by atoms with Gasteiger partial charge in [0.25, 0.3) is 0 Å². The summed E-state index contributed by atoms with van der Waals surface area (Å²) < 4.78 is 5.45. The van der Waals surface area contributed by atoms with Gasteiger partial charge in [0, 0.05) is 12.3 Å². The number of ether oxygens (including phenoxy) is 1. The predicted octanol–water partition coefficient (Wildman–Crippen LogP) is 1.88. The van der Waals surface area contributed by atoms with Gasteiger partial charge in [-0.3, -0.25) is 4.79 Å². The maximum Gasteiger partial charge on any atom is 0.306 e. The van der Waals surface area contributed by atoms with E-state index in [-0.39, 0.29) is 17.5 Å². The zero-order valence-electron chi connectivity index (χ0n) is 9.75. The number of carbonyl (C=O) groups excluding carboxylic acids is 1. The SMILES string of the molecule is C[C@H]1[C@H]([C@]2(C)CCC(=O)O2)CC[C@@]1(C)O. The Morgan fingerprint density at radius 2 is 2.07 bits per heavy atom. The molecule has 0 aromatic carbocycles. The van der Waals surface area contributed by atoms with Crippen LogP contribution >= 0.6 is 0 Å². The average Bonchev–Trinajstić information content (AvgIpc) is 2.58. The summed E-state index contributed by atoms with van der Waals surface area (Å²) in [5.74, 6) is 0.420. The van der Waals surface area contributed by atoms with Crippen LogP contribution < -0.4 is 0 Å². The minimum Gasteiger partial charge on any atom is -0.459 e. The number of esters is 1. The van der Waals surface area contributed by atoms with Crippen LogP contribution in [0.4, 0.5) is 0 Å². The molecule has 1 heterocycles. The minimum atomic E-state index is -0.595. The minimum absolute atomic E-state index is 0.0868. The molecule has 3 nitrogen and oxygen atoms in total. The van der Waals surface area contributed by atoms with Gasteiger partial charge in [0.05, 0.1) is 5.60 Å². The predicted molar refractivity (Wildman–Crippen MR) is 56.2 cm³/mol. The molecule has 1 aliphatic heterocycles. The fourth-order valence-corrected chi connectivity index (χ4v) is 3.17. The van der Waals surface area contributed by atoms with Gasteiger partial charge in [0.2, 0.25) is 0 Å². The van der Waals surface area contributed by atoms with Gasteiger partial charge in [-0.05, 0) is 39.0 Å². The van der Waals surface area contributed by atoms with Gasteiger partial charge in [-0.25, -0.2) is 0 Å². The molecule has 1 saturated heterocycles. The monoisotopic (exact) mass is 212 g/mol. The summed E-state index contributed by atoms with van der Waals surface area (Å²) in [5, 5.41) is 10.1. The first kappa shape index (κ1) is 10.9. The van der Waals surface area contributed by atoms with Crippen molar-refractivity contribution >= 4 is 5.97 Å². The van der Waals surface area contributed by atoms with Crippen LogP contribution in [-0.2, 0) is 9.53 Å². The van der Waals surface area contributed by atoms with Crippen LogP contribution in [0.2, 0.25) is 0 Å². The Morgan fingerprint density at radius 1 is 1.40 bits per heavy atom. The smallest absolute Gasteiger partial charge is 0.306 e. The van der Waals surface area contributed by atoms with Crippen molar-refractivity contribution in [2.45, 2.75) is 57.7 Å². The highest BCUT2D eigenvalue weighted by atomic mass is 16.6. The normalized spacial score (nSPS) is 50.8. The number of hydrogen-bond acceptors (Lipinski definition) is 3. The van der Waals surface area contributed by atoms with Crippen LogP contribution in [0.15, 0.2) is 0 Å². The molecule has 2 fully saturated rings. The van der Waals surface area contributed by atoms with Crippen molar-refractivity contribution < 1.29 is 14.6 Å². The van der Waals surface area contributed by atoms with Gasteiger partial charge < -0.3 is 9.84 Å². The number of rotatable bonds is 1. The summed E-state index contributed by atoms with van der Waals surface area (Å²) in [6.45, 7) is 5.97. The first-order valence-corrected chi connectivity index (χ1v) is 5.79. The van der Waals surface area contributed by atoms with E-state index in [1.165, 1.54) is 0 Å². The molecule has 1 saturated carbocycles. The van der Waals surface area contributed by atoms with Gasteiger partial charge in [0.15, 0.2) is 0 Å². The van der Waals surface area contributed by atoms with Crippen molar-refractivity contribution in [2.75, 3.05) is 0 Å². The summed E-state index contributed by atoms with van der Waals surface area (Å²) in [6, 6.07) is 0. The van der Waals surface area contributed by atoms with Crippen molar-refractivity contribution in [3.63, 3.8) is 0 Å². The van der Waals surface area contributed by atoms with Crippen molar-refractivity contribution in [2.24, 2.45) is 11.8 Å². The van der Waals surface area contributed by atoms with Crippen LogP contribution in [-0.4, -0.2) is 22.3 Å². The maximum absolute atomic E-state index is 11.2. The lowest BCUT2D eigenvalue weighted by Crippen LogP contribution is -2.40. The zero-order valence-corrected chi connectivity index (χ0v) is 9.75. The van der Waals surface area contributed by atoms with E-state index in [0.29, 0.717) is 12.3 Å². The molecule has 0 radical (unpaired) electrons. The summed E-state index contributed by atoms with van der Waals surface area (Å²) in [7, 11) is 0. The zero-order chi connectivity index (χ0) is 11.3. The van der Waals surface area contributed by atoms with Gasteiger partial charge >= 0.3 is 5.97 Å². The van der Waals surface area contributed by atoms with E-state index in [2.05, 4.69) is 6.92 Å². The molecule has 0 spiro atoms. The van der Waals surface area contributed by atoms with E-state index in [9.17, 15) is 9.90 Å². The number of aliphatic hydroxyl groups is 1. The van der Waals surface area contributed by atoms with E-state index in [0.717, 1.165) is 19.3 Å². The van der Waals surface area contributed by atoms with Crippen molar-refractivity contribution in [3.05, 3.63) is 0 Å². The van der Waals surface area contributed by atoms with Crippen LogP contribution in [0.3, 0.4) is 0 Å². The lowest BCUT2D eigenvalue weighted by Gasteiger charge is -2.35. The summed E-state index contributed by atoms with van der Waals surface area (Å²) in [4.78, 5) is 11.2. The molecule has 4 atom stereocenters. The average molecular weight is 212 g/mol. The Bertz CT molecular complexity index is 285. The van der Waals surface area contributed by atoms with Crippen LogP contribution in [0.1, 0.15) is 46.5 Å². The number of cyclic esters (lactones) is 1. The van der Waals surface area contributed by atoms with E-state index in [1.54, 1.807) is 0 Å². The first-order valence-electron chi connectivity index (χ1n) is 5.79. The van der Waals surface area contributed by atoms with E-state index < -0.39 is 5.60 Å². The summed E-state index contributed by atoms with van der Waals surface area (Å²) in [6.07, 6.45) is 3.10. The fraction of sp³-hybridized carbons (Fsp3) is 0.917. The second-order valence-corrected chi connectivity index (χ2v) is 5.58. The summed E-state index contributed by atoms with van der Waals surface area (Å²) in [5.41, 5.74) is -0.931. The molecule has 0 bridgehead atoms.